The van der Waals surface area contributed by atoms with Crippen LogP contribution in [0.1, 0.15) is 24.7 Å². The molecule has 0 bridgehead atoms. The molecule has 2 aromatic heterocycles. The first-order valence-corrected chi connectivity index (χ1v) is 9.95. The zero-order valence-electron chi connectivity index (χ0n) is 15.8. The van der Waals surface area contributed by atoms with Crippen molar-refractivity contribution in [3.63, 3.8) is 0 Å². The Morgan fingerprint density at radius 2 is 2.07 bits per heavy atom. The Kier molecular flexibility index (Phi) is 4.76. The molecule has 9 heteroatoms. The molecular weight excluding hydrogens is 376 g/mol. The summed E-state index contributed by atoms with van der Waals surface area (Å²) in [6.07, 6.45) is 0.250. The van der Waals surface area contributed by atoms with E-state index in [2.05, 4.69) is 20.4 Å². The molecule has 0 fully saturated rings. The van der Waals surface area contributed by atoms with Gasteiger partial charge in [0.05, 0.1) is 17.1 Å². The van der Waals surface area contributed by atoms with Crippen LogP contribution in [0.15, 0.2) is 35.5 Å². The van der Waals surface area contributed by atoms with Gasteiger partial charge in [-0.2, -0.15) is 4.98 Å². The maximum Gasteiger partial charge on any atom is 0.253 e. The number of nitrogens with one attached hydrogen (secondary N) is 1. The van der Waals surface area contributed by atoms with Crippen LogP contribution in [0.3, 0.4) is 0 Å². The summed E-state index contributed by atoms with van der Waals surface area (Å²) in [6, 6.07) is 9.04. The normalized spacial score (nSPS) is 16.6. The number of fused-ring (bicyclic) bond motifs is 2. The minimum atomic E-state index is -0.239. The number of nitrogens with zero attached hydrogens (tertiary/aromatic N) is 5. The molecular formula is C19H20N6O2S. The number of hydrogen-bond donors (Lipinski definition) is 1. The van der Waals surface area contributed by atoms with Crippen LogP contribution in [-0.4, -0.2) is 43.2 Å². The molecule has 8 nitrogen and oxygen atoms in total. The van der Waals surface area contributed by atoms with Crippen molar-refractivity contribution in [1.82, 2.24) is 19.6 Å². The molecule has 144 valence electrons. The van der Waals surface area contributed by atoms with Crippen molar-refractivity contribution in [3.8, 4) is 0 Å². The second-order valence-electron chi connectivity index (χ2n) is 6.82. The molecule has 28 heavy (non-hydrogen) atoms. The quantitative estimate of drug-likeness (QED) is 0.684. The van der Waals surface area contributed by atoms with Gasteiger partial charge in [0.25, 0.3) is 5.78 Å². The average Bonchev–Trinajstić information content (AvgIpc) is 2.99. The van der Waals surface area contributed by atoms with Crippen LogP contribution in [0, 0.1) is 13.8 Å². The maximum absolute atomic E-state index is 13.0. The van der Waals surface area contributed by atoms with Gasteiger partial charge in [-0.15, -0.1) is 5.10 Å². The van der Waals surface area contributed by atoms with E-state index in [4.69, 9.17) is 0 Å². The molecule has 1 aliphatic rings. The summed E-state index contributed by atoms with van der Waals surface area (Å²) in [5.74, 6) is 0.501. The number of thioether (sulfide) groups is 1. The van der Waals surface area contributed by atoms with Gasteiger partial charge in [0, 0.05) is 23.9 Å². The standard InChI is InChI=1S/C19H20N6O2S/c1-11-8-13(3)25-18(20-11)22-19(23-25)28-10-17(27)24-12(2)9-16(26)21-14-6-4-5-7-15(14)24/h4-8,12H,9-10H2,1-3H3,(H,21,26)/t12-/m0/s1. The lowest BCUT2D eigenvalue weighted by atomic mass is 10.2. The van der Waals surface area contributed by atoms with Gasteiger partial charge in [-0.3, -0.25) is 9.59 Å². The van der Waals surface area contributed by atoms with Crippen LogP contribution in [0.4, 0.5) is 11.4 Å². The molecule has 1 N–H and O–H groups in total. The largest absolute Gasteiger partial charge is 0.324 e. The summed E-state index contributed by atoms with van der Waals surface area (Å²) < 4.78 is 1.67. The Morgan fingerprint density at radius 3 is 2.89 bits per heavy atom. The van der Waals surface area contributed by atoms with Crippen molar-refractivity contribution in [2.75, 3.05) is 16.0 Å². The second-order valence-corrected chi connectivity index (χ2v) is 7.76. The Bertz CT molecular complexity index is 1080. The number of anilines is 2. The van der Waals surface area contributed by atoms with Crippen LogP contribution in [0.5, 0.6) is 0 Å². The molecule has 1 aliphatic heterocycles. The monoisotopic (exact) mass is 396 g/mol. The average molecular weight is 396 g/mol. The third kappa shape index (κ3) is 3.45. The molecule has 0 aliphatic carbocycles. The zero-order valence-corrected chi connectivity index (χ0v) is 16.7. The SMILES string of the molecule is Cc1cc(C)n2nc(SCC(=O)N3c4ccccc4NC(=O)C[C@@H]3C)nc2n1. The molecule has 2 amide bonds. The van der Waals surface area contributed by atoms with Gasteiger partial charge in [0.2, 0.25) is 17.0 Å². The van der Waals surface area contributed by atoms with E-state index in [0.29, 0.717) is 22.3 Å². The number of carbonyl (C=O) groups excluding carboxylic acids is 2. The van der Waals surface area contributed by atoms with Crippen LogP contribution < -0.4 is 10.2 Å². The smallest absolute Gasteiger partial charge is 0.253 e. The van der Waals surface area contributed by atoms with Crippen LogP contribution in [-0.2, 0) is 9.59 Å². The molecule has 3 aromatic rings. The van der Waals surface area contributed by atoms with E-state index in [1.54, 1.807) is 15.5 Å². The summed E-state index contributed by atoms with van der Waals surface area (Å²) in [6.45, 7) is 5.73. The zero-order chi connectivity index (χ0) is 19.8. The number of hydrogen-bond acceptors (Lipinski definition) is 6. The predicted molar refractivity (Wildman–Crippen MR) is 108 cm³/mol. The van der Waals surface area contributed by atoms with Gasteiger partial charge in [-0.25, -0.2) is 9.50 Å². The third-order valence-corrected chi connectivity index (χ3v) is 5.37. The van der Waals surface area contributed by atoms with E-state index in [1.165, 1.54) is 11.8 Å². The fraction of sp³-hybridized carbons (Fsp3) is 0.316. The van der Waals surface area contributed by atoms with Gasteiger partial charge in [-0.05, 0) is 39.0 Å². The molecule has 1 atom stereocenters. The number of carbonyl (C=O) groups is 2. The van der Waals surface area contributed by atoms with E-state index in [0.717, 1.165) is 11.4 Å². The van der Waals surface area contributed by atoms with E-state index in [9.17, 15) is 9.59 Å². The first-order valence-electron chi connectivity index (χ1n) is 8.97. The highest BCUT2D eigenvalue weighted by atomic mass is 32.2. The summed E-state index contributed by atoms with van der Waals surface area (Å²) in [5.41, 5.74) is 3.17. The van der Waals surface area contributed by atoms with Crippen LogP contribution >= 0.6 is 11.8 Å². The van der Waals surface area contributed by atoms with Crippen molar-refractivity contribution < 1.29 is 9.59 Å². The number of amides is 2. The Hall–Kier alpha value is -2.94. The Morgan fingerprint density at radius 1 is 1.29 bits per heavy atom. The summed E-state index contributed by atoms with van der Waals surface area (Å²) in [4.78, 5) is 35.6. The molecule has 0 spiro atoms. The first kappa shape index (κ1) is 18.4. The molecule has 0 saturated heterocycles. The number of aromatic nitrogens is 4. The fourth-order valence-electron chi connectivity index (χ4n) is 3.37. The van der Waals surface area contributed by atoms with E-state index in [-0.39, 0.29) is 30.0 Å². The lowest BCUT2D eigenvalue weighted by molar-refractivity contribution is -0.117. The van der Waals surface area contributed by atoms with Crippen molar-refractivity contribution in [2.24, 2.45) is 0 Å². The second kappa shape index (κ2) is 7.23. The van der Waals surface area contributed by atoms with Crippen molar-refractivity contribution >= 4 is 40.7 Å². The first-order chi connectivity index (χ1) is 13.4. The van der Waals surface area contributed by atoms with Crippen molar-refractivity contribution in [2.45, 2.75) is 38.4 Å². The Balaban J connectivity index is 1.56. The third-order valence-electron chi connectivity index (χ3n) is 4.55. The number of rotatable bonds is 3. The van der Waals surface area contributed by atoms with Crippen molar-refractivity contribution in [1.29, 1.82) is 0 Å². The Labute approximate surface area is 166 Å². The van der Waals surface area contributed by atoms with E-state index < -0.39 is 0 Å². The minimum absolute atomic E-state index is 0.0955. The number of aryl methyl sites for hydroxylation is 2. The minimum Gasteiger partial charge on any atom is -0.324 e. The van der Waals surface area contributed by atoms with Crippen LogP contribution in [0.25, 0.3) is 5.78 Å². The lowest BCUT2D eigenvalue weighted by Gasteiger charge is -2.27. The summed E-state index contributed by atoms with van der Waals surface area (Å²) in [5, 5.41) is 7.80. The van der Waals surface area contributed by atoms with Gasteiger partial charge in [-0.1, -0.05) is 23.9 Å². The number of benzene rings is 1. The van der Waals surface area contributed by atoms with E-state index >= 15 is 0 Å². The molecule has 0 radical (unpaired) electrons. The number of para-hydroxylation sites is 2. The van der Waals surface area contributed by atoms with Gasteiger partial charge in [0.15, 0.2) is 0 Å². The molecule has 0 saturated carbocycles. The molecule has 1 aromatic carbocycles. The summed E-state index contributed by atoms with van der Waals surface area (Å²) in [7, 11) is 0. The van der Waals surface area contributed by atoms with Crippen LogP contribution in [0.2, 0.25) is 0 Å². The maximum atomic E-state index is 13.0. The molecule has 4 rings (SSSR count). The highest BCUT2D eigenvalue weighted by molar-refractivity contribution is 7.99. The highest BCUT2D eigenvalue weighted by Gasteiger charge is 2.29. The van der Waals surface area contributed by atoms with Gasteiger partial charge < -0.3 is 10.2 Å². The molecule has 3 heterocycles. The molecule has 0 unspecified atom stereocenters. The lowest BCUT2D eigenvalue weighted by Crippen LogP contribution is -2.40. The fourth-order valence-corrected chi connectivity index (χ4v) is 4.05. The highest BCUT2D eigenvalue weighted by Crippen LogP contribution is 2.32. The topological polar surface area (TPSA) is 92.5 Å². The van der Waals surface area contributed by atoms with Gasteiger partial charge >= 0.3 is 0 Å². The van der Waals surface area contributed by atoms with Gasteiger partial charge in [0.1, 0.15) is 0 Å². The predicted octanol–water partition coefficient (Wildman–Crippen LogP) is 2.60. The van der Waals surface area contributed by atoms with Crippen molar-refractivity contribution in [3.05, 3.63) is 41.7 Å². The summed E-state index contributed by atoms with van der Waals surface area (Å²) >= 11 is 1.27. The van der Waals surface area contributed by atoms with E-state index in [1.807, 2.05) is 45.0 Å².